The van der Waals surface area contributed by atoms with Gasteiger partial charge in [-0.05, 0) is 25.9 Å². The number of aromatic nitrogens is 2. The number of imidazole rings is 1. The van der Waals surface area contributed by atoms with Gasteiger partial charge < -0.3 is 10.3 Å². The highest BCUT2D eigenvalue weighted by atomic mass is 19.3. The van der Waals surface area contributed by atoms with Gasteiger partial charge in [-0.1, -0.05) is 0 Å². The summed E-state index contributed by atoms with van der Waals surface area (Å²) in [5.41, 5.74) is -0.0870. The Balaban J connectivity index is 2.12. The van der Waals surface area contributed by atoms with Gasteiger partial charge in [-0.2, -0.15) is 8.78 Å². The first kappa shape index (κ1) is 10.5. The van der Waals surface area contributed by atoms with E-state index >= 15 is 0 Å². The van der Waals surface area contributed by atoms with E-state index in [4.69, 9.17) is 0 Å². The number of alkyl halides is 2. The third kappa shape index (κ3) is 2.34. The van der Waals surface area contributed by atoms with Gasteiger partial charge in [0.05, 0.1) is 6.20 Å². The van der Waals surface area contributed by atoms with Crippen LogP contribution >= 0.6 is 0 Å². The smallest absolute Gasteiger partial charge is 0.286 e. The minimum atomic E-state index is -2.82. The Labute approximate surface area is 87.3 Å². The molecule has 15 heavy (non-hydrogen) atoms. The van der Waals surface area contributed by atoms with Gasteiger partial charge in [0.1, 0.15) is 11.5 Å². The molecule has 3 nitrogen and oxygen atoms in total. The van der Waals surface area contributed by atoms with Crippen LogP contribution in [0.3, 0.4) is 0 Å². The zero-order valence-electron chi connectivity index (χ0n) is 8.69. The summed E-state index contributed by atoms with van der Waals surface area (Å²) in [6.45, 7) is 2.75. The van der Waals surface area contributed by atoms with E-state index in [2.05, 4.69) is 15.3 Å². The summed E-state index contributed by atoms with van der Waals surface area (Å²) in [5.74, 6) is -1.83. The SMILES string of the molecule is CC(F)(F)c1cnc(C2CCNCC2)[nH]1. The van der Waals surface area contributed by atoms with Crippen molar-refractivity contribution < 1.29 is 8.78 Å². The zero-order chi connectivity index (χ0) is 10.9. The summed E-state index contributed by atoms with van der Waals surface area (Å²) in [7, 11) is 0. The van der Waals surface area contributed by atoms with Crippen LogP contribution in [0.5, 0.6) is 0 Å². The molecule has 1 aromatic heterocycles. The Morgan fingerprint density at radius 3 is 2.60 bits per heavy atom. The molecule has 0 atom stereocenters. The van der Waals surface area contributed by atoms with Gasteiger partial charge in [0.25, 0.3) is 5.92 Å². The van der Waals surface area contributed by atoms with Gasteiger partial charge in [0, 0.05) is 12.8 Å². The van der Waals surface area contributed by atoms with E-state index < -0.39 is 5.92 Å². The second-order valence-electron chi connectivity index (χ2n) is 4.09. The lowest BCUT2D eigenvalue weighted by Gasteiger charge is -2.20. The van der Waals surface area contributed by atoms with E-state index in [1.165, 1.54) is 6.20 Å². The predicted octanol–water partition coefficient (Wildman–Crippen LogP) is 1.99. The van der Waals surface area contributed by atoms with Crippen LogP contribution in [0.15, 0.2) is 6.20 Å². The molecule has 0 radical (unpaired) electrons. The molecule has 2 rings (SSSR count). The Bertz CT molecular complexity index is 324. The van der Waals surface area contributed by atoms with Crippen LogP contribution in [0.4, 0.5) is 8.78 Å². The molecule has 0 amide bonds. The molecule has 0 bridgehead atoms. The van der Waals surface area contributed by atoms with E-state index in [1.54, 1.807) is 0 Å². The van der Waals surface area contributed by atoms with E-state index in [1.807, 2.05) is 0 Å². The number of nitrogens with one attached hydrogen (secondary N) is 2. The average Bonchev–Trinajstić information content (AvgIpc) is 2.67. The van der Waals surface area contributed by atoms with Gasteiger partial charge in [-0.15, -0.1) is 0 Å². The maximum Gasteiger partial charge on any atom is 0.286 e. The van der Waals surface area contributed by atoms with Gasteiger partial charge in [0.15, 0.2) is 0 Å². The summed E-state index contributed by atoms with van der Waals surface area (Å²) >= 11 is 0. The summed E-state index contributed by atoms with van der Waals surface area (Å²) in [5, 5.41) is 3.23. The second-order valence-corrected chi connectivity index (χ2v) is 4.09. The fourth-order valence-electron chi connectivity index (χ4n) is 1.86. The molecule has 0 aromatic carbocycles. The number of hydrogen-bond donors (Lipinski definition) is 2. The minimum Gasteiger partial charge on any atom is -0.341 e. The maximum atomic E-state index is 13.0. The number of hydrogen-bond acceptors (Lipinski definition) is 2. The highest BCUT2D eigenvalue weighted by Gasteiger charge is 2.28. The van der Waals surface area contributed by atoms with Crippen molar-refractivity contribution in [1.82, 2.24) is 15.3 Å². The number of aromatic amines is 1. The highest BCUT2D eigenvalue weighted by Crippen LogP contribution is 2.28. The number of H-pyrrole nitrogens is 1. The first-order chi connectivity index (χ1) is 7.07. The van der Waals surface area contributed by atoms with Crippen LogP contribution in [-0.2, 0) is 5.92 Å². The van der Waals surface area contributed by atoms with Gasteiger partial charge in [0.2, 0.25) is 0 Å². The Morgan fingerprint density at radius 2 is 2.07 bits per heavy atom. The summed E-state index contributed by atoms with van der Waals surface area (Å²) in [6, 6.07) is 0. The third-order valence-electron chi connectivity index (χ3n) is 2.79. The van der Waals surface area contributed by atoms with Crippen LogP contribution in [0.2, 0.25) is 0 Å². The Kier molecular flexibility index (Phi) is 2.73. The van der Waals surface area contributed by atoms with Gasteiger partial charge >= 0.3 is 0 Å². The van der Waals surface area contributed by atoms with E-state index in [-0.39, 0.29) is 5.69 Å². The topological polar surface area (TPSA) is 40.7 Å². The van der Waals surface area contributed by atoms with Crippen molar-refractivity contribution in [3.05, 3.63) is 17.7 Å². The maximum absolute atomic E-state index is 13.0. The number of rotatable bonds is 2. The lowest BCUT2D eigenvalue weighted by atomic mass is 9.98. The van der Waals surface area contributed by atoms with Crippen molar-refractivity contribution in [3.63, 3.8) is 0 Å². The van der Waals surface area contributed by atoms with Crippen LogP contribution < -0.4 is 5.32 Å². The van der Waals surface area contributed by atoms with Crippen LogP contribution in [0.25, 0.3) is 0 Å². The molecule has 0 spiro atoms. The first-order valence-electron chi connectivity index (χ1n) is 5.21. The van der Waals surface area contributed by atoms with E-state index in [0.29, 0.717) is 11.7 Å². The highest BCUT2D eigenvalue weighted by molar-refractivity contribution is 5.10. The van der Waals surface area contributed by atoms with Crippen LogP contribution in [-0.4, -0.2) is 23.1 Å². The fourth-order valence-corrected chi connectivity index (χ4v) is 1.86. The standard InChI is InChI=1S/C10H15F2N3/c1-10(11,12)8-6-14-9(15-8)7-2-4-13-5-3-7/h6-7,13H,2-5H2,1H3,(H,14,15). The number of halogens is 2. The molecule has 1 aliphatic rings. The van der Waals surface area contributed by atoms with E-state index in [9.17, 15) is 8.78 Å². The lowest BCUT2D eigenvalue weighted by Crippen LogP contribution is -2.27. The first-order valence-corrected chi connectivity index (χ1v) is 5.21. The molecule has 2 heterocycles. The molecule has 1 saturated heterocycles. The molecular weight excluding hydrogens is 200 g/mol. The molecule has 1 aromatic rings. The number of piperidine rings is 1. The number of nitrogens with zero attached hydrogens (tertiary/aromatic N) is 1. The quantitative estimate of drug-likeness (QED) is 0.792. The Hall–Kier alpha value is -0.970. The van der Waals surface area contributed by atoms with Crippen molar-refractivity contribution in [2.75, 3.05) is 13.1 Å². The fraction of sp³-hybridized carbons (Fsp3) is 0.700. The molecule has 0 saturated carbocycles. The molecule has 1 fully saturated rings. The van der Waals surface area contributed by atoms with Crippen LogP contribution in [0, 0.1) is 0 Å². The normalized spacial score (nSPS) is 19.4. The largest absolute Gasteiger partial charge is 0.341 e. The van der Waals surface area contributed by atoms with Crippen molar-refractivity contribution in [2.24, 2.45) is 0 Å². The second kappa shape index (κ2) is 3.89. The molecule has 0 unspecified atom stereocenters. The summed E-state index contributed by atoms with van der Waals surface area (Å²) in [6.07, 6.45) is 3.17. The molecule has 84 valence electrons. The molecular formula is C10H15F2N3. The van der Waals surface area contributed by atoms with Crippen molar-refractivity contribution in [3.8, 4) is 0 Å². The minimum absolute atomic E-state index is 0.0870. The van der Waals surface area contributed by atoms with E-state index in [0.717, 1.165) is 32.9 Å². The van der Waals surface area contributed by atoms with Crippen molar-refractivity contribution in [1.29, 1.82) is 0 Å². The molecule has 0 aliphatic carbocycles. The summed E-state index contributed by atoms with van der Waals surface area (Å²) < 4.78 is 25.9. The molecule has 1 aliphatic heterocycles. The zero-order valence-corrected chi connectivity index (χ0v) is 8.69. The molecule has 5 heteroatoms. The van der Waals surface area contributed by atoms with Gasteiger partial charge in [-0.25, -0.2) is 4.98 Å². The predicted molar refractivity (Wildman–Crippen MR) is 53.0 cm³/mol. The van der Waals surface area contributed by atoms with Crippen molar-refractivity contribution >= 4 is 0 Å². The average molecular weight is 215 g/mol. The van der Waals surface area contributed by atoms with Crippen LogP contribution in [0.1, 0.15) is 37.2 Å². The Morgan fingerprint density at radius 1 is 1.40 bits per heavy atom. The monoisotopic (exact) mass is 215 g/mol. The lowest BCUT2D eigenvalue weighted by molar-refractivity contribution is 0.0130. The van der Waals surface area contributed by atoms with Crippen molar-refractivity contribution in [2.45, 2.75) is 31.6 Å². The molecule has 2 N–H and O–H groups in total. The summed E-state index contributed by atoms with van der Waals surface area (Å²) in [4.78, 5) is 6.78. The van der Waals surface area contributed by atoms with Gasteiger partial charge in [-0.3, -0.25) is 0 Å². The third-order valence-corrected chi connectivity index (χ3v) is 2.79.